The summed E-state index contributed by atoms with van der Waals surface area (Å²) in [5, 5.41) is 4.75. The topological polar surface area (TPSA) is 93.6 Å². The summed E-state index contributed by atoms with van der Waals surface area (Å²) >= 11 is 0. The molecule has 2 aromatic heterocycles. The Balaban J connectivity index is 1.95. The number of primary amides is 1. The van der Waals surface area contributed by atoms with E-state index in [1.165, 1.54) is 0 Å². The summed E-state index contributed by atoms with van der Waals surface area (Å²) in [6, 6.07) is 1.99. The number of aromatic nitrogens is 3. The fourth-order valence-electron chi connectivity index (χ4n) is 3.54. The van der Waals surface area contributed by atoms with Gasteiger partial charge in [-0.25, -0.2) is 9.50 Å². The van der Waals surface area contributed by atoms with Crippen LogP contribution in [-0.4, -0.2) is 44.4 Å². The molecule has 0 spiro atoms. The van der Waals surface area contributed by atoms with Crippen molar-refractivity contribution >= 4 is 17.5 Å². The molecule has 0 atom stereocenters. The van der Waals surface area contributed by atoms with Gasteiger partial charge in [0.2, 0.25) is 5.91 Å². The Bertz CT molecular complexity index is 857. The predicted molar refractivity (Wildman–Crippen MR) is 104 cm³/mol. The maximum atomic E-state index is 13.1. The minimum absolute atomic E-state index is 0.0384. The van der Waals surface area contributed by atoms with Gasteiger partial charge in [-0.05, 0) is 19.3 Å². The summed E-state index contributed by atoms with van der Waals surface area (Å²) in [6.07, 6.45) is 4.58. The van der Waals surface area contributed by atoms with E-state index in [0.29, 0.717) is 31.5 Å². The SMILES string of the molecule is CCCc1c(C(=O)N2CCC(C(N)=O)CC2)cnc2cc(C(C)(C)C)nn12. The monoisotopic (exact) mass is 371 g/mol. The van der Waals surface area contributed by atoms with Crippen molar-refractivity contribution < 1.29 is 9.59 Å². The Labute approximate surface area is 159 Å². The van der Waals surface area contributed by atoms with Crippen LogP contribution in [0.2, 0.25) is 0 Å². The lowest BCUT2D eigenvalue weighted by atomic mass is 9.93. The van der Waals surface area contributed by atoms with Gasteiger partial charge < -0.3 is 10.6 Å². The minimum atomic E-state index is -0.275. The first kappa shape index (κ1) is 19.3. The number of hydrogen-bond acceptors (Lipinski definition) is 4. The Morgan fingerprint density at radius 1 is 1.26 bits per heavy atom. The average molecular weight is 371 g/mol. The normalized spacial score (nSPS) is 16.1. The van der Waals surface area contributed by atoms with E-state index >= 15 is 0 Å². The molecule has 0 aromatic carbocycles. The zero-order valence-corrected chi connectivity index (χ0v) is 16.7. The molecule has 1 fully saturated rings. The van der Waals surface area contributed by atoms with Crippen molar-refractivity contribution in [2.45, 2.75) is 58.8 Å². The third-order valence-electron chi connectivity index (χ3n) is 5.25. The van der Waals surface area contributed by atoms with Crippen LogP contribution in [0.15, 0.2) is 12.3 Å². The molecule has 27 heavy (non-hydrogen) atoms. The number of piperidine rings is 1. The number of carbonyl (C=O) groups excluding carboxylic acids is 2. The number of nitrogens with two attached hydrogens (primary N) is 1. The number of fused-ring (bicyclic) bond motifs is 1. The number of aryl methyl sites for hydroxylation is 1. The number of rotatable bonds is 4. The van der Waals surface area contributed by atoms with Crippen LogP contribution in [0, 0.1) is 5.92 Å². The molecule has 1 aliphatic heterocycles. The van der Waals surface area contributed by atoms with Gasteiger partial charge in [0.1, 0.15) is 0 Å². The number of hydrogen-bond donors (Lipinski definition) is 1. The van der Waals surface area contributed by atoms with Crippen molar-refractivity contribution in [3.05, 3.63) is 29.2 Å². The molecule has 3 rings (SSSR count). The molecule has 3 heterocycles. The van der Waals surface area contributed by atoms with Crippen molar-refractivity contribution in [1.82, 2.24) is 19.5 Å². The van der Waals surface area contributed by atoms with Crippen molar-refractivity contribution in [3.63, 3.8) is 0 Å². The fraction of sp³-hybridized carbons (Fsp3) is 0.600. The molecular weight excluding hydrogens is 342 g/mol. The summed E-state index contributed by atoms with van der Waals surface area (Å²) in [7, 11) is 0. The molecular formula is C20H29N5O2. The van der Waals surface area contributed by atoms with Crippen LogP contribution in [0.5, 0.6) is 0 Å². The minimum Gasteiger partial charge on any atom is -0.369 e. The Morgan fingerprint density at radius 2 is 1.93 bits per heavy atom. The average Bonchev–Trinajstić information content (AvgIpc) is 3.07. The van der Waals surface area contributed by atoms with Crippen molar-refractivity contribution in [2.24, 2.45) is 11.7 Å². The summed E-state index contributed by atoms with van der Waals surface area (Å²) in [6.45, 7) is 9.52. The molecule has 0 radical (unpaired) electrons. The van der Waals surface area contributed by atoms with Crippen LogP contribution in [0.1, 0.15) is 68.7 Å². The van der Waals surface area contributed by atoms with Crippen molar-refractivity contribution in [3.8, 4) is 0 Å². The van der Waals surface area contributed by atoms with Gasteiger partial charge in [0.25, 0.3) is 5.91 Å². The molecule has 1 saturated heterocycles. The summed E-state index contributed by atoms with van der Waals surface area (Å²) in [5.41, 5.74) is 8.55. The van der Waals surface area contributed by atoms with E-state index in [-0.39, 0.29) is 23.1 Å². The van der Waals surface area contributed by atoms with E-state index < -0.39 is 0 Å². The highest BCUT2D eigenvalue weighted by Gasteiger charge is 2.29. The van der Waals surface area contributed by atoms with Gasteiger partial charge in [-0.3, -0.25) is 9.59 Å². The quantitative estimate of drug-likeness (QED) is 0.892. The standard InChI is InChI=1S/C20H29N5O2/c1-5-6-15-14(19(27)24-9-7-13(8-10-24)18(21)26)12-22-17-11-16(20(2,3)4)23-25(15)17/h11-13H,5-10H2,1-4H3,(H2,21,26). The zero-order chi connectivity index (χ0) is 19.8. The molecule has 7 nitrogen and oxygen atoms in total. The molecule has 0 saturated carbocycles. The molecule has 2 aromatic rings. The fourth-order valence-corrected chi connectivity index (χ4v) is 3.54. The lowest BCUT2D eigenvalue weighted by Gasteiger charge is -2.31. The highest BCUT2D eigenvalue weighted by atomic mass is 16.2. The largest absolute Gasteiger partial charge is 0.369 e. The molecule has 0 unspecified atom stereocenters. The van der Waals surface area contributed by atoms with Crippen LogP contribution in [0.25, 0.3) is 5.65 Å². The smallest absolute Gasteiger partial charge is 0.257 e. The molecule has 0 bridgehead atoms. The molecule has 0 aliphatic carbocycles. The zero-order valence-electron chi connectivity index (χ0n) is 16.7. The second-order valence-electron chi connectivity index (χ2n) is 8.39. The predicted octanol–water partition coefficient (Wildman–Crippen LogP) is 2.32. The van der Waals surface area contributed by atoms with Crippen LogP contribution < -0.4 is 5.73 Å². The maximum absolute atomic E-state index is 13.1. The third kappa shape index (κ3) is 3.82. The Hall–Kier alpha value is -2.44. The van der Waals surface area contributed by atoms with Crippen LogP contribution in [0.4, 0.5) is 0 Å². The van der Waals surface area contributed by atoms with Gasteiger partial charge in [-0.2, -0.15) is 5.10 Å². The van der Waals surface area contributed by atoms with Crippen LogP contribution in [0.3, 0.4) is 0 Å². The summed E-state index contributed by atoms with van der Waals surface area (Å²) in [4.78, 5) is 30.8. The van der Waals surface area contributed by atoms with Gasteiger partial charge in [0.15, 0.2) is 5.65 Å². The van der Waals surface area contributed by atoms with E-state index in [2.05, 4.69) is 32.7 Å². The van der Waals surface area contributed by atoms with E-state index in [0.717, 1.165) is 29.9 Å². The lowest BCUT2D eigenvalue weighted by Crippen LogP contribution is -2.42. The number of likely N-dealkylation sites (tertiary alicyclic amines) is 1. The van der Waals surface area contributed by atoms with Gasteiger partial charge in [-0.1, -0.05) is 34.1 Å². The second kappa shape index (κ2) is 7.29. The van der Waals surface area contributed by atoms with Gasteiger partial charge in [0.05, 0.1) is 17.0 Å². The Kier molecular flexibility index (Phi) is 5.22. The third-order valence-corrected chi connectivity index (χ3v) is 5.25. The van der Waals surface area contributed by atoms with E-state index in [4.69, 9.17) is 10.8 Å². The number of nitrogens with zero attached hydrogens (tertiary/aromatic N) is 4. The number of amides is 2. The number of carbonyl (C=O) groups is 2. The first-order valence-electron chi connectivity index (χ1n) is 9.69. The van der Waals surface area contributed by atoms with Crippen molar-refractivity contribution in [2.75, 3.05) is 13.1 Å². The lowest BCUT2D eigenvalue weighted by molar-refractivity contribution is -0.123. The van der Waals surface area contributed by atoms with Gasteiger partial charge in [-0.15, -0.1) is 0 Å². The second-order valence-corrected chi connectivity index (χ2v) is 8.39. The molecule has 7 heteroatoms. The molecule has 146 valence electrons. The maximum Gasteiger partial charge on any atom is 0.257 e. The van der Waals surface area contributed by atoms with E-state index in [9.17, 15) is 9.59 Å². The van der Waals surface area contributed by atoms with E-state index in [1.807, 2.05) is 10.6 Å². The van der Waals surface area contributed by atoms with Gasteiger partial charge in [0, 0.05) is 36.7 Å². The first-order chi connectivity index (χ1) is 12.7. The highest BCUT2D eigenvalue weighted by Crippen LogP contribution is 2.25. The molecule has 2 amide bonds. The Morgan fingerprint density at radius 3 is 2.48 bits per heavy atom. The molecule has 1 aliphatic rings. The molecule has 2 N–H and O–H groups in total. The van der Waals surface area contributed by atoms with Crippen molar-refractivity contribution in [1.29, 1.82) is 0 Å². The van der Waals surface area contributed by atoms with Gasteiger partial charge >= 0.3 is 0 Å². The van der Waals surface area contributed by atoms with E-state index in [1.54, 1.807) is 11.1 Å². The summed E-state index contributed by atoms with van der Waals surface area (Å²) < 4.78 is 1.83. The highest BCUT2D eigenvalue weighted by molar-refractivity contribution is 5.95. The van der Waals surface area contributed by atoms with Crippen LogP contribution >= 0.6 is 0 Å². The first-order valence-corrected chi connectivity index (χ1v) is 9.69. The van der Waals surface area contributed by atoms with Crippen LogP contribution in [-0.2, 0) is 16.6 Å². The summed E-state index contributed by atoms with van der Waals surface area (Å²) in [5.74, 6) is -0.447.